The zero-order chi connectivity index (χ0) is 19.1. The second-order valence-corrected chi connectivity index (χ2v) is 6.07. The zero-order valence-electron chi connectivity index (χ0n) is 14.0. The molecule has 2 amide bonds. The smallest absolute Gasteiger partial charge is 0.279 e. The zero-order valence-corrected chi connectivity index (χ0v) is 14.8. The summed E-state index contributed by atoms with van der Waals surface area (Å²) < 4.78 is 5.73. The van der Waals surface area contributed by atoms with Crippen LogP contribution in [0.1, 0.15) is 16.1 Å². The van der Waals surface area contributed by atoms with Crippen molar-refractivity contribution in [2.45, 2.75) is 0 Å². The summed E-state index contributed by atoms with van der Waals surface area (Å²) in [4.78, 5) is 27.9. The van der Waals surface area contributed by atoms with Gasteiger partial charge in [-0.25, -0.2) is 10.5 Å². The standard InChI is InChI=1S/C19H15N3O4S/c23-16(22-25)11-10-13-6-4-5-9-15(13)21-18(24)17-19(27-12-20-17)26-14-7-2-1-3-8-14/h1-12,25H,(H,21,24)(H,22,23)/b11-10+. The van der Waals surface area contributed by atoms with E-state index in [-0.39, 0.29) is 5.69 Å². The monoisotopic (exact) mass is 381 g/mol. The molecule has 27 heavy (non-hydrogen) atoms. The third kappa shape index (κ3) is 4.78. The minimum atomic E-state index is -0.672. The number of para-hydroxylation sites is 2. The van der Waals surface area contributed by atoms with Crippen LogP contribution in [-0.2, 0) is 4.79 Å². The highest BCUT2D eigenvalue weighted by Gasteiger charge is 2.18. The quantitative estimate of drug-likeness (QED) is 0.343. The fourth-order valence-electron chi connectivity index (χ4n) is 2.20. The summed E-state index contributed by atoms with van der Waals surface area (Å²) in [7, 11) is 0. The van der Waals surface area contributed by atoms with Crippen molar-refractivity contribution in [2.24, 2.45) is 0 Å². The van der Waals surface area contributed by atoms with Gasteiger partial charge in [0.15, 0.2) is 5.69 Å². The molecule has 0 radical (unpaired) electrons. The average molecular weight is 381 g/mol. The SMILES string of the molecule is O=C(/C=C/c1ccccc1NC(=O)c1ncsc1Oc1ccccc1)NO. The van der Waals surface area contributed by atoms with Gasteiger partial charge in [0, 0.05) is 11.8 Å². The molecule has 136 valence electrons. The number of ether oxygens (including phenoxy) is 1. The Labute approximate surface area is 158 Å². The van der Waals surface area contributed by atoms with Gasteiger partial charge in [0.05, 0.1) is 5.51 Å². The van der Waals surface area contributed by atoms with Crippen LogP contribution in [0.4, 0.5) is 5.69 Å². The molecule has 0 spiro atoms. The van der Waals surface area contributed by atoms with Crippen LogP contribution in [0.25, 0.3) is 6.08 Å². The van der Waals surface area contributed by atoms with Crippen LogP contribution in [0.3, 0.4) is 0 Å². The second-order valence-electron chi connectivity index (χ2n) is 5.25. The maximum absolute atomic E-state index is 12.6. The van der Waals surface area contributed by atoms with Crippen LogP contribution in [0, 0.1) is 0 Å². The Bertz CT molecular complexity index is 970. The van der Waals surface area contributed by atoms with Gasteiger partial charge in [-0.2, -0.15) is 0 Å². The number of thiazole rings is 1. The van der Waals surface area contributed by atoms with Crippen molar-refractivity contribution in [3.8, 4) is 10.8 Å². The van der Waals surface area contributed by atoms with Crippen molar-refractivity contribution in [1.29, 1.82) is 0 Å². The van der Waals surface area contributed by atoms with Crippen molar-refractivity contribution < 1.29 is 19.5 Å². The first-order valence-corrected chi connectivity index (χ1v) is 8.74. The van der Waals surface area contributed by atoms with Crippen molar-refractivity contribution in [3.63, 3.8) is 0 Å². The van der Waals surface area contributed by atoms with Crippen molar-refractivity contribution >= 4 is 34.9 Å². The van der Waals surface area contributed by atoms with Crippen molar-refractivity contribution in [2.75, 3.05) is 5.32 Å². The van der Waals surface area contributed by atoms with Gasteiger partial charge in [-0.3, -0.25) is 14.8 Å². The number of hydrogen-bond donors (Lipinski definition) is 3. The second kappa shape index (κ2) is 8.75. The summed E-state index contributed by atoms with van der Waals surface area (Å²) in [6, 6.07) is 16.0. The highest BCUT2D eigenvalue weighted by molar-refractivity contribution is 7.11. The van der Waals surface area contributed by atoms with Crippen LogP contribution in [0.15, 0.2) is 66.2 Å². The Hall–Kier alpha value is -3.49. The maximum Gasteiger partial charge on any atom is 0.279 e. The number of amides is 2. The minimum Gasteiger partial charge on any atom is -0.444 e. The molecule has 3 rings (SSSR count). The van der Waals surface area contributed by atoms with Crippen LogP contribution in [0.2, 0.25) is 0 Å². The van der Waals surface area contributed by atoms with Crippen molar-refractivity contribution in [3.05, 3.63) is 77.4 Å². The molecule has 0 aliphatic rings. The third-order valence-electron chi connectivity index (χ3n) is 3.44. The first-order valence-electron chi connectivity index (χ1n) is 7.86. The summed E-state index contributed by atoms with van der Waals surface area (Å²) in [6.45, 7) is 0. The Morgan fingerprint density at radius 1 is 1.07 bits per heavy atom. The molecule has 7 nitrogen and oxygen atoms in total. The molecule has 0 aliphatic heterocycles. The first kappa shape index (κ1) is 18.3. The number of nitrogens with one attached hydrogen (secondary N) is 2. The van der Waals surface area contributed by atoms with E-state index in [2.05, 4.69) is 10.3 Å². The Morgan fingerprint density at radius 3 is 2.59 bits per heavy atom. The lowest BCUT2D eigenvalue weighted by molar-refractivity contribution is -0.124. The van der Waals surface area contributed by atoms with E-state index in [4.69, 9.17) is 9.94 Å². The van der Waals surface area contributed by atoms with Gasteiger partial charge in [-0.05, 0) is 29.8 Å². The molecular weight excluding hydrogens is 366 g/mol. The minimum absolute atomic E-state index is 0.163. The van der Waals surface area contributed by atoms with E-state index in [1.807, 2.05) is 18.2 Å². The molecule has 0 aliphatic carbocycles. The molecule has 8 heteroatoms. The topological polar surface area (TPSA) is 101 Å². The van der Waals surface area contributed by atoms with Crippen LogP contribution < -0.4 is 15.5 Å². The normalized spacial score (nSPS) is 10.6. The molecule has 0 unspecified atom stereocenters. The number of benzene rings is 2. The molecule has 0 saturated carbocycles. The predicted octanol–water partition coefficient (Wildman–Crippen LogP) is 3.71. The van der Waals surface area contributed by atoms with Gasteiger partial charge < -0.3 is 10.1 Å². The van der Waals surface area contributed by atoms with E-state index in [1.54, 1.807) is 36.4 Å². The maximum atomic E-state index is 12.6. The Balaban J connectivity index is 1.78. The predicted molar refractivity (Wildman–Crippen MR) is 102 cm³/mol. The van der Waals surface area contributed by atoms with Gasteiger partial charge in [0.2, 0.25) is 5.06 Å². The van der Waals surface area contributed by atoms with Crippen LogP contribution >= 0.6 is 11.3 Å². The lowest BCUT2D eigenvalue weighted by Gasteiger charge is -2.09. The van der Waals surface area contributed by atoms with Crippen LogP contribution in [0.5, 0.6) is 10.8 Å². The van der Waals surface area contributed by atoms with Gasteiger partial charge in [0.25, 0.3) is 11.8 Å². The Morgan fingerprint density at radius 2 is 1.81 bits per heavy atom. The number of hydrogen-bond acceptors (Lipinski definition) is 6. The molecule has 0 bridgehead atoms. The van der Waals surface area contributed by atoms with Crippen molar-refractivity contribution in [1.82, 2.24) is 10.5 Å². The highest BCUT2D eigenvalue weighted by Crippen LogP contribution is 2.30. The largest absolute Gasteiger partial charge is 0.444 e. The molecule has 2 aromatic carbocycles. The van der Waals surface area contributed by atoms with E-state index in [9.17, 15) is 9.59 Å². The molecule has 3 aromatic rings. The van der Waals surface area contributed by atoms with E-state index in [0.29, 0.717) is 22.1 Å². The van der Waals surface area contributed by atoms with E-state index in [0.717, 1.165) is 6.08 Å². The third-order valence-corrected chi connectivity index (χ3v) is 4.14. The average Bonchev–Trinajstić information content (AvgIpc) is 3.16. The van der Waals surface area contributed by atoms with Gasteiger partial charge >= 0.3 is 0 Å². The lowest BCUT2D eigenvalue weighted by Crippen LogP contribution is -2.15. The summed E-state index contributed by atoms with van der Waals surface area (Å²) in [5.74, 6) is -0.502. The molecule has 0 atom stereocenters. The lowest BCUT2D eigenvalue weighted by atomic mass is 10.1. The van der Waals surface area contributed by atoms with E-state index >= 15 is 0 Å². The van der Waals surface area contributed by atoms with E-state index < -0.39 is 11.8 Å². The van der Waals surface area contributed by atoms with Crippen LogP contribution in [-0.4, -0.2) is 22.0 Å². The molecular formula is C19H15N3O4S. The number of carbonyl (C=O) groups is 2. The summed E-state index contributed by atoms with van der Waals surface area (Å²) in [5.41, 5.74) is 4.29. The van der Waals surface area contributed by atoms with Gasteiger partial charge in [-0.15, -0.1) is 0 Å². The first-order chi connectivity index (χ1) is 13.2. The fraction of sp³-hybridized carbons (Fsp3) is 0. The summed E-state index contributed by atoms with van der Waals surface area (Å²) in [5, 5.41) is 11.7. The van der Waals surface area contributed by atoms with E-state index in [1.165, 1.54) is 28.4 Å². The molecule has 3 N–H and O–H groups in total. The number of aromatic nitrogens is 1. The molecule has 1 heterocycles. The number of hydroxylamine groups is 1. The number of anilines is 1. The molecule has 0 fully saturated rings. The molecule has 0 saturated heterocycles. The summed E-state index contributed by atoms with van der Waals surface area (Å²) in [6.07, 6.45) is 2.63. The number of rotatable bonds is 6. The molecule has 1 aromatic heterocycles. The number of carbonyl (C=O) groups excluding carboxylic acids is 2. The summed E-state index contributed by atoms with van der Waals surface area (Å²) >= 11 is 1.22. The number of nitrogens with zero attached hydrogens (tertiary/aromatic N) is 1. The Kier molecular flexibility index (Phi) is 5.93. The highest BCUT2D eigenvalue weighted by atomic mass is 32.1. The van der Waals surface area contributed by atoms with Gasteiger partial charge in [0.1, 0.15) is 5.75 Å². The van der Waals surface area contributed by atoms with Gasteiger partial charge in [-0.1, -0.05) is 47.7 Å². The fourth-order valence-corrected chi connectivity index (χ4v) is 2.85.